The predicted octanol–water partition coefficient (Wildman–Crippen LogP) is 1.92. The molecule has 1 N–H and O–H groups in total. The summed E-state index contributed by atoms with van der Waals surface area (Å²) in [5.41, 5.74) is 1.16. The zero-order valence-corrected chi connectivity index (χ0v) is 9.81. The molecule has 0 aliphatic carbocycles. The number of amides is 1. The van der Waals surface area contributed by atoms with Gasteiger partial charge < -0.3 is 4.90 Å². The second kappa shape index (κ2) is 4.66. The molecule has 1 fully saturated rings. The van der Waals surface area contributed by atoms with Gasteiger partial charge in [0.15, 0.2) is 0 Å². The molecular formula is C13H18N2O. The molecular weight excluding hydrogens is 200 g/mol. The largest absolute Gasteiger partial charge is 0.319 e. The number of benzene rings is 1. The second-order valence-electron chi connectivity index (χ2n) is 4.25. The van der Waals surface area contributed by atoms with Crippen molar-refractivity contribution in [3.8, 4) is 0 Å². The maximum absolute atomic E-state index is 11.8. The minimum Gasteiger partial charge on any atom is -0.319 e. The van der Waals surface area contributed by atoms with Crippen LogP contribution in [0.5, 0.6) is 0 Å². The van der Waals surface area contributed by atoms with E-state index in [0.29, 0.717) is 6.54 Å². The van der Waals surface area contributed by atoms with Gasteiger partial charge in [-0.05, 0) is 18.9 Å². The van der Waals surface area contributed by atoms with E-state index >= 15 is 0 Å². The summed E-state index contributed by atoms with van der Waals surface area (Å²) < 4.78 is 0. The number of carbonyl (C=O) groups is 1. The van der Waals surface area contributed by atoms with E-state index in [4.69, 9.17) is 0 Å². The summed E-state index contributed by atoms with van der Waals surface area (Å²) in [6.07, 6.45) is 1.03. The molecule has 1 amide bonds. The van der Waals surface area contributed by atoms with Gasteiger partial charge in [0.25, 0.3) is 0 Å². The van der Waals surface area contributed by atoms with Crippen molar-refractivity contribution in [3.05, 3.63) is 35.9 Å². The Morgan fingerprint density at radius 1 is 1.44 bits per heavy atom. The summed E-state index contributed by atoms with van der Waals surface area (Å²) in [6, 6.07) is 10.4. The lowest BCUT2D eigenvalue weighted by molar-refractivity contribution is -0.130. The lowest BCUT2D eigenvalue weighted by Gasteiger charge is -2.30. The van der Waals surface area contributed by atoms with Crippen molar-refractivity contribution >= 4 is 5.91 Å². The first kappa shape index (κ1) is 11.1. The van der Waals surface area contributed by atoms with Gasteiger partial charge in [-0.15, -0.1) is 0 Å². The molecule has 1 heterocycles. The van der Waals surface area contributed by atoms with Gasteiger partial charge in [0.1, 0.15) is 6.17 Å². The van der Waals surface area contributed by atoms with Crippen LogP contribution in [0.15, 0.2) is 30.3 Å². The van der Waals surface area contributed by atoms with Crippen molar-refractivity contribution in [3.63, 3.8) is 0 Å². The highest BCUT2D eigenvalue weighted by molar-refractivity contribution is 5.81. The number of nitrogens with zero attached hydrogens (tertiary/aromatic N) is 1. The first-order valence-electron chi connectivity index (χ1n) is 5.83. The number of hydrogen-bond acceptors (Lipinski definition) is 2. The molecule has 1 aromatic carbocycles. The van der Waals surface area contributed by atoms with Crippen LogP contribution < -0.4 is 5.32 Å². The molecule has 1 aliphatic rings. The summed E-state index contributed by atoms with van der Waals surface area (Å²) in [7, 11) is 0. The summed E-state index contributed by atoms with van der Waals surface area (Å²) in [4.78, 5) is 13.8. The topological polar surface area (TPSA) is 32.3 Å². The minimum absolute atomic E-state index is 0.0450. The van der Waals surface area contributed by atoms with Crippen LogP contribution in [0, 0.1) is 0 Å². The summed E-state index contributed by atoms with van der Waals surface area (Å²) in [5, 5.41) is 3.26. The Kier molecular flexibility index (Phi) is 3.25. The van der Waals surface area contributed by atoms with Gasteiger partial charge in [0.05, 0.1) is 6.54 Å². The van der Waals surface area contributed by atoms with Gasteiger partial charge in [-0.3, -0.25) is 10.1 Å². The van der Waals surface area contributed by atoms with Crippen molar-refractivity contribution in [2.75, 3.05) is 6.54 Å². The Bertz CT molecular complexity index is 363. The van der Waals surface area contributed by atoms with E-state index < -0.39 is 0 Å². The molecule has 1 saturated heterocycles. The fourth-order valence-corrected chi connectivity index (χ4v) is 2.13. The average molecular weight is 218 g/mol. The first-order valence-corrected chi connectivity index (χ1v) is 5.83. The van der Waals surface area contributed by atoms with Crippen molar-refractivity contribution in [2.24, 2.45) is 0 Å². The maximum Gasteiger partial charge on any atom is 0.238 e. The molecule has 0 bridgehead atoms. The zero-order chi connectivity index (χ0) is 11.5. The Hall–Kier alpha value is -1.35. The standard InChI is InChI=1S/C13H18N2O/c1-3-10(2)15-12(16)9-14-13(15)11-7-5-4-6-8-11/h4-8,10,13-14H,3,9H2,1-2H3. The molecule has 2 rings (SSSR count). The molecule has 16 heavy (non-hydrogen) atoms. The molecule has 3 nitrogen and oxygen atoms in total. The van der Waals surface area contributed by atoms with Crippen LogP contribution in [-0.2, 0) is 4.79 Å². The van der Waals surface area contributed by atoms with E-state index in [-0.39, 0.29) is 18.1 Å². The Labute approximate surface area is 96.5 Å². The molecule has 86 valence electrons. The lowest BCUT2D eigenvalue weighted by Crippen LogP contribution is -2.37. The van der Waals surface area contributed by atoms with Gasteiger partial charge in [-0.25, -0.2) is 0 Å². The van der Waals surface area contributed by atoms with Crippen LogP contribution >= 0.6 is 0 Å². The molecule has 2 unspecified atom stereocenters. The molecule has 2 atom stereocenters. The summed E-state index contributed by atoms with van der Waals surface area (Å²) >= 11 is 0. The van der Waals surface area contributed by atoms with Crippen LogP contribution in [0.2, 0.25) is 0 Å². The molecule has 1 aromatic rings. The van der Waals surface area contributed by atoms with Crippen LogP contribution in [0.1, 0.15) is 32.0 Å². The third kappa shape index (κ3) is 1.95. The highest BCUT2D eigenvalue weighted by atomic mass is 16.2. The number of rotatable bonds is 3. The maximum atomic E-state index is 11.8. The molecule has 1 aliphatic heterocycles. The highest BCUT2D eigenvalue weighted by Gasteiger charge is 2.33. The fourth-order valence-electron chi connectivity index (χ4n) is 2.13. The Balaban J connectivity index is 2.24. The number of hydrogen-bond donors (Lipinski definition) is 1. The van der Waals surface area contributed by atoms with Crippen molar-refractivity contribution < 1.29 is 4.79 Å². The molecule has 0 spiro atoms. The van der Waals surface area contributed by atoms with E-state index in [1.807, 2.05) is 23.1 Å². The summed E-state index contributed by atoms with van der Waals surface area (Å²) in [6.45, 7) is 4.66. The number of nitrogens with one attached hydrogen (secondary N) is 1. The third-order valence-electron chi connectivity index (χ3n) is 3.19. The fraction of sp³-hybridized carbons (Fsp3) is 0.462. The van der Waals surface area contributed by atoms with Crippen molar-refractivity contribution in [2.45, 2.75) is 32.5 Å². The van der Waals surface area contributed by atoms with E-state index in [9.17, 15) is 4.79 Å². The highest BCUT2D eigenvalue weighted by Crippen LogP contribution is 2.25. The SMILES string of the molecule is CCC(C)N1C(=O)CNC1c1ccccc1. The first-order chi connectivity index (χ1) is 7.74. The average Bonchev–Trinajstić information content (AvgIpc) is 2.71. The van der Waals surface area contributed by atoms with E-state index in [1.165, 1.54) is 0 Å². The van der Waals surface area contributed by atoms with Crippen LogP contribution in [0.4, 0.5) is 0 Å². The van der Waals surface area contributed by atoms with Gasteiger partial charge in [0.2, 0.25) is 5.91 Å². The Morgan fingerprint density at radius 3 is 2.75 bits per heavy atom. The normalized spacial score (nSPS) is 22.5. The monoisotopic (exact) mass is 218 g/mol. The smallest absolute Gasteiger partial charge is 0.238 e. The number of carbonyl (C=O) groups excluding carboxylic acids is 1. The predicted molar refractivity (Wildman–Crippen MR) is 63.8 cm³/mol. The van der Waals surface area contributed by atoms with E-state index in [1.54, 1.807) is 0 Å². The zero-order valence-electron chi connectivity index (χ0n) is 9.81. The quantitative estimate of drug-likeness (QED) is 0.840. The lowest BCUT2D eigenvalue weighted by atomic mass is 10.1. The van der Waals surface area contributed by atoms with Gasteiger partial charge >= 0.3 is 0 Å². The van der Waals surface area contributed by atoms with Crippen LogP contribution in [0.3, 0.4) is 0 Å². The van der Waals surface area contributed by atoms with Crippen molar-refractivity contribution in [1.29, 1.82) is 0 Å². The van der Waals surface area contributed by atoms with Gasteiger partial charge in [-0.1, -0.05) is 37.3 Å². The Morgan fingerprint density at radius 2 is 2.12 bits per heavy atom. The minimum atomic E-state index is 0.0450. The third-order valence-corrected chi connectivity index (χ3v) is 3.19. The van der Waals surface area contributed by atoms with E-state index in [2.05, 4.69) is 31.3 Å². The van der Waals surface area contributed by atoms with Crippen LogP contribution in [0.25, 0.3) is 0 Å². The second-order valence-corrected chi connectivity index (χ2v) is 4.25. The molecule has 3 heteroatoms. The van der Waals surface area contributed by atoms with E-state index in [0.717, 1.165) is 12.0 Å². The summed E-state index contributed by atoms with van der Waals surface area (Å²) in [5.74, 6) is 0.197. The van der Waals surface area contributed by atoms with Crippen molar-refractivity contribution in [1.82, 2.24) is 10.2 Å². The molecule has 0 saturated carbocycles. The molecule has 0 radical (unpaired) electrons. The van der Waals surface area contributed by atoms with Crippen LogP contribution in [-0.4, -0.2) is 23.4 Å². The molecule has 0 aromatic heterocycles. The van der Waals surface area contributed by atoms with Gasteiger partial charge in [-0.2, -0.15) is 0 Å². The van der Waals surface area contributed by atoms with Gasteiger partial charge in [0, 0.05) is 6.04 Å².